The fourth-order valence-corrected chi connectivity index (χ4v) is 1.15. The zero-order chi connectivity index (χ0) is 15.0. The Labute approximate surface area is 133 Å². The Kier molecular flexibility index (Phi) is 11.0. The van der Waals surface area contributed by atoms with Gasteiger partial charge >= 0.3 is 0 Å². The van der Waals surface area contributed by atoms with Gasteiger partial charge in [0, 0.05) is 16.2 Å². The van der Waals surface area contributed by atoms with Gasteiger partial charge in [0.25, 0.3) is 0 Å². The molecule has 18 heavy (non-hydrogen) atoms. The van der Waals surface area contributed by atoms with Crippen molar-refractivity contribution < 1.29 is 25.5 Å². The van der Waals surface area contributed by atoms with Crippen molar-refractivity contribution in [1.82, 2.24) is 0 Å². The molecular weight excluding hydrogens is 440 g/mol. The number of halogens is 3. The molecule has 0 atom stereocenters. The zero-order valence-electron chi connectivity index (χ0n) is 10.4. The van der Waals surface area contributed by atoms with E-state index in [1.165, 1.54) is 0 Å². The maximum atomic E-state index is 9.22. The predicted octanol–water partition coefficient (Wildman–Crippen LogP) is 0.785. The van der Waals surface area contributed by atoms with Crippen molar-refractivity contribution in [1.29, 1.82) is 0 Å². The highest BCUT2D eigenvalue weighted by Crippen LogP contribution is 2.40. The highest BCUT2D eigenvalue weighted by Gasteiger charge is 2.38. The normalized spacial score (nSPS) is 13.0. The van der Waals surface area contributed by atoms with Crippen LogP contribution in [0.3, 0.4) is 0 Å². The highest BCUT2D eigenvalue weighted by molar-refractivity contribution is 9.25. The minimum absolute atomic E-state index is 0.0833. The smallest absolute Gasteiger partial charge is 0.182 e. The summed E-state index contributed by atoms with van der Waals surface area (Å²) in [5.74, 6) is 0. The first-order chi connectivity index (χ1) is 8.05. The van der Waals surface area contributed by atoms with Crippen molar-refractivity contribution >= 4 is 47.8 Å². The number of rotatable bonds is 6. The minimum Gasteiger partial charge on any atom is -0.396 e. The van der Waals surface area contributed by atoms with Gasteiger partial charge < -0.3 is 25.5 Å². The van der Waals surface area contributed by atoms with Gasteiger partial charge in [-0.25, -0.2) is 0 Å². The lowest BCUT2D eigenvalue weighted by atomic mass is 9.95. The number of hydrogen-bond acceptors (Lipinski definition) is 5. The van der Waals surface area contributed by atoms with Crippen molar-refractivity contribution in [3.05, 3.63) is 0 Å². The molecule has 0 radical (unpaired) electrons. The van der Waals surface area contributed by atoms with Gasteiger partial charge in [-0.15, -0.1) is 0 Å². The molecule has 5 nitrogen and oxygen atoms in total. The van der Waals surface area contributed by atoms with E-state index < -0.39 is 14.2 Å². The molecule has 0 aliphatic carbocycles. The van der Waals surface area contributed by atoms with Gasteiger partial charge in [0.15, 0.2) is 3.42 Å². The molecule has 0 aliphatic heterocycles. The lowest BCUT2D eigenvalue weighted by Crippen LogP contribution is -2.36. The maximum absolute atomic E-state index is 9.22. The number of alkyl halides is 3. The number of hydrogen-bond donors (Lipinski definition) is 5. The van der Waals surface area contributed by atoms with Crippen LogP contribution in [0.1, 0.15) is 13.8 Å². The fourth-order valence-electron chi connectivity index (χ4n) is 0.372. The molecule has 112 valence electrons. The lowest BCUT2D eigenvalue weighted by molar-refractivity contribution is 0.0246. The van der Waals surface area contributed by atoms with Crippen LogP contribution < -0.4 is 0 Å². The molecule has 0 spiro atoms. The van der Waals surface area contributed by atoms with Crippen LogP contribution in [0.5, 0.6) is 0 Å². The second-order valence-electron chi connectivity index (χ2n) is 4.69. The average Bonchev–Trinajstić information content (AvgIpc) is 2.32. The van der Waals surface area contributed by atoms with Crippen molar-refractivity contribution in [2.24, 2.45) is 10.8 Å². The van der Waals surface area contributed by atoms with Crippen LogP contribution in [-0.4, -0.2) is 60.7 Å². The highest BCUT2D eigenvalue weighted by atomic mass is 79.9. The monoisotopic (exact) mass is 458 g/mol. The van der Waals surface area contributed by atoms with E-state index in [0.29, 0.717) is 5.33 Å². The van der Waals surface area contributed by atoms with Crippen LogP contribution in [0.25, 0.3) is 0 Å². The first kappa shape index (κ1) is 21.5. The van der Waals surface area contributed by atoms with E-state index in [9.17, 15) is 5.11 Å². The summed E-state index contributed by atoms with van der Waals surface area (Å²) in [6.07, 6.45) is 0. The van der Waals surface area contributed by atoms with Crippen LogP contribution in [0.4, 0.5) is 0 Å². The summed E-state index contributed by atoms with van der Waals surface area (Å²) in [6, 6.07) is 0. The summed E-state index contributed by atoms with van der Waals surface area (Å²) in [5, 5.41) is 44.2. The van der Waals surface area contributed by atoms with Crippen molar-refractivity contribution in [3.63, 3.8) is 0 Å². The Bertz CT molecular complexity index is 193. The molecule has 0 saturated heterocycles. The first-order valence-corrected chi connectivity index (χ1v) is 7.86. The molecule has 0 aromatic rings. The molecule has 0 heterocycles. The maximum Gasteiger partial charge on any atom is 0.182 e. The van der Waals surface area contributed by atoms with Gasteiger partial charge in [0.1, 0.15) is 0 Å². The van der Waals surface area contributed by atoms with Gasteiger partial charge in [-0.05, 0) is 31.9 Å². The molecule has 5 N–H and O–H groups in total. The van der Waals surface area contributed by atoms with E-state index >= 15 is 0 Å². The molecule has 0 amide bonds. The van der Waals surface area contributed by atoms with Gasteiger partial charge in [-0.1, -0.05) is 29.8 Å². The number of aliphatic hydroxyl groups is 5. The topological polar surface area (TPSA) is 101 Å². The molecular formula is C10H21Br3O5. The molecule has 0 fully saturated rings. The second kappa shape index (κ2) is 9.23. The summed E-state index contributed by atoms with van der Waals surface area (Å²) in [7, 11) is 0. The number of aliphatic hydroxyl groups excluding tert-OH is 4. The van der Waals surface area contributed by atoms with Crippen molar-refractivity contribution in [2.75, 3.05) is 31.8 Å². The van der Waals surface area contributed by atoms with Crippen molar-refractivity contribution in [3.8, 4) is 0 Å². The molecule has 8 heteroatoms. The van der Waals surface area contributed by atoms with E-state index in [0.717, 1.165) is 0 Å². The molecule has 0 bridgehead atoms. The average molecular weight is 461 g/mol. The first-order valence-electron chi connectivity index (χ1n) is 5.15. The van der Waals surface area contributed by atoms with Crippen LogP contribution >= 0.6 is 47.8 Å². The molecule has 0 aromatic carbocycles. The van der Waals surface area contributed by atoms with Crippen LogP contribution in [-0.2, 0) is 0 Å². The zero-order valence-corrected chi connectivity index (χ0v) is 15.2. The van der Waals surface area contributed by atoms with E-state index in [4.69, 9.17) is 20.4 Å². The van der Waals surface area contributed by atoms with E-state index in [2.05, 4.69) is 47.8 Å². The third-order valence-corrected chi connectivity index (χ3v) is 5.84. The third-order valence-electron chi connectivity index (χ3n) is 2.50. The summed E-state index contributed by atoms with van der Waals surface area (Å²) in [4.78, 5) is 0. The van der Waals surface area contributed by atoms with Crippen LogP contribution in [0.2, 0.25) is 0 Å². The summed E-state index contributed by atoms with van der Waals surface area (Å²) in [5.41, 5.74) is -1.33. The third kappa shape index (κ3) is 7.14. The molecule has 0 aliphatic rings. The van der Waals surface area contributed by atoms with Gasteiger partial charge in [0.05, 0.1) is 26.4 Å². The van der Waals surface area contributed by atoms with E-state index in [-0.39, 0.29) is 26.4 Å². The van der Waals surface area contributed by atoms with Crippen molar-refractivity contribution in [2.45, 2.75) is 17.3 Å². The Balaban J connectivity index is 0. The Hall–Kier alpha value is 1.24. The van der Waals surface area contributed by atoms with Crippen LogP contribution in [0, 0.1) is 10.8 Å². The SMILES string of the molecule is CC(C)(CO)C(O)(Br)Br.OCC(CO)(CO)CBr. The summed E-state index contributed by atoms with van der Waals surface area (Å²) < 4.78 is -1.18. The molecule has 0 saturated carbocycles. The summed E-state index contributed by atoms with van der Waals surface area (Å²) in [6.45, 7) is 2.77. The molecule has 0 unspecified atom stereocenters. The molecule has 0 rings (SSSR count). The molecule has 0 aromatic heterocycles. The lowest BCUT2D eigenvalue weighted by Gasteiger charge is -2.31. The van der Waals surface area contributed by atoms with E-state index in [1.807, 2.05) is 0 Å². The largest absolute Gasteiger partial charge is 0.396 e. The predicted molar refractivity (Wildman–Crippen MR) is 81.2 cm³/mol. The van der Waals surface area contributed by atoms with E-state index in [1.54, 1.807) is 13.8 Å². The Morgan fingerprint density at radius 3 is 1.17 bits per heavy atom. The van der Waals surface area contributed by atoms with Gasteiger partial charge in [-0.2, -0.15) is 0 Å². The minimum atomic E-state index is -1.18. The quantitative estimate of drug-likeness (QED) is 0.377. The fraction of sp³-hybridized carbons (Fsp3) is 1.00. The van der Waals surface area contributed by atoms with Gasteiger partial charge in [0.2, 0.25) is 0 Å². The van der Waals surface area contributed by atoms with Crippen LogP contribution in [0.15, 0.2) is 0 Å². The Morgan fingerprint density at radius 1 is 0.833 bits per heavy atom. The second-order valence-corrected chi connectivity index (χ2v) is 8.61. The van der Waals surface area contributed by atoms with Gasteiger partial charge in [-0.3, -0.25) is 0 Å². The standard InChI is InChI=1S/C5H10Br2O2.C5H11BrO3/c1-4(2,3-8)5(6,7)9;6-1-5(2-7,3-8)4-9/h8-9H,3H2,1-2H3;7-9H,1-4H2. The Morgan fingerprint density at radius 2 is 1.17 bits per heavy atom. The summed E-state index contributed by atoms with van der Waals surface area (Å²) >= 11 is 9.02.